The topological polar surface area (TPSA) is 59.0 Å². The van der Waals surface area contributed by atoms with Gasteiger partial charge in [0.2, 0.25) is 0 Å². The van der Waals surface area contributed by atoms with Crippen molar-refractivity contribution in [2.45, 2.75) is 6.42 Å². The number of rotatable bonds is 6. The highest BCUT2D eigenvalue weighted by atomic mass is 35.5. The molecule has 0 aliphatic carbocycles. The summed E-state index contributed by atoms with van der Waals surface area (Å²) in [5, 5.41) is 1.31. The number of amidine groups is 1. The van der Waals surface area contributed by atoms with Crippen molar-refractivity contribution in [3.63, 3.8) is 0 Å². The van der Waals surface area contributed by atoms with Gasteiger partial charge in [0.1, 0.15) is 0 Å². The highest BCUT2D eigenvalue weighted by molar-refractivity contribution is 8.18. The smallest absolute Gasteiger partial charge is 0.286 e. The van der Waals surface area contributed by atoms with E-state index in [0.717, 1.165) is 22.3 Å². The summed E-state index contributed by atoms with van der Waals surface area (Å²) in [6.07, 6.45) is 2.13. The first kappa shape index (κ1) is 25.2. The van der Waals surface area contributed by atoms with Crippen LogP contribution in [0.5, 0.6) is 0 Å². The predicted octanol–water partition coefficient (Wildman–Crippen LogP) is 6.37. The number of halogens is 1. The minimum Gasteiger partial charge on any atom is -0.378 e. The summed E-state index contributed by atoms with van der Waals surface area (Å²) in [5.74, 6) is -0.277. The van der Waals surface area contributed by atoms with Gasteiger partial charge in [0.15, 0.2) is 11.0 Å². The van der Waals surface area contributed by atoms with Crippen LogP contribution in [0.1, 0.15) is 27.9 Å². The van der Waals surface area contributed by atoms with Gasteiger partial charge in [-0.05, 0) is 46.7 Å². The van der Waals surface area contributed by atoms with Crippen LogP contribution in [0.4, 0.5) is 0 Å². The molecule has 0 atom stereocenters. The molecule has 0 N–H and O–H groups in total. The van der Waals surface area contributed by atoms with Gasteiger partial charge in [-0.2, -0.15) is 4.99 Å². The number of morpholine rings is 1. The number of hydrogen-bond acceptors (Lipinski definition) is 5. The number of ketones is 1. The molecule has 0 unspecified atom stereocenters. The third kappa shape index (κ3) is 6.10. The Labute approximate surface area is 225 Å². The molecule has 186 valence electrons. The molecule has 2 aliphatic rings. The normalized spacial score (nSPS) is 17.5. The zero-order valence-electron chi connectivity index (χ0n) is 20.1. The van der Waals surface area contributed by atoms with Gasteiger partial charge in [0.05, 0.1) is 18.1 Å². The molecule has 0 saturated carbocycles. The molecule has 2 heterocycles. The molecule has 2 aliphatic heterocycles. The number of amides is 1. The Morgan fingerprint density at radius 2 is 1.51 bits per heavy atom. The zero-order chi connectivity index (χ0) is 25.6. The molecule has 7 heteroatoms. The summed E-state index contributed by atoms with van der Waals surface area (Å²) in [6.45, 7) is 2.62. The van der Waals surface area contributed by atoms with E-state index in [1.165, 1.54) is 11.8 Å². The number of nitrogens with zero attached hydrogens (tertiary/aromatic N) is 2. The van der Waals surface area contributed by atoms with Gasteiger partial charge in [-0.1, -0.05) is 84.4 Å². The summed E-state index contributed by atoms with van der Waals surface area (Å²) in [6, 6.07) is 26.4. The lowest BCUT2D eigenvalue weighted by Gasteiger charge is -2.27. The number of ether oxygens (including phenoxy) is 1. The van der Waals surface area contributed by atoms with Crippen molar-refractivity contribution in [1.29, 1.82) is 0 Å². The van der Waals surface area contributed by atoms with E-state index in [-0.39, 0.29) is 18.1 Å². The molecule has 1 fully saturated rings. The first-order valence-corrected chi connectivity index (χ1v) is 13.3. The van der Waals surface area contributed by atoms with Gasteiger partial charge in [-0.15, -0.1) is 0 Å². The van der Waals surface area contributed by atoms with E-state index < -0.39 is 0 Å². The second-order valence-corrected chi connectivity index (χ2v) is 10.1. The van der Waals surface area contributed by atoms with E-state index in [1.54, 1.807) is 0 Å². The van der Waals surface area contributed by atoms with Crippen molar-refractivity contribution in [3.05, 3.63) is 118 Å². The summed E-state index contributed by atoms with van der Waals surface area (Å²) < 4.78 is 5.46. The van der Waals surface area contributed by atoms with Crippen LogP contribution in [0.25, 0.3) is 11.1 Å². The highest BCUT2D eigenvalue weighted by Crippen LogP contribution is 2.38. The van der Waals surface area contributed by atoms with Crippen LogP contribution in [-0.2, 0) is 9.53 Å². The molecule has 5 rings (SSSR count). The minimum atomic E-state index is -0.272. The molecule has 3 aromatic rings. The third-order valence-corrected chi connectivity index (χ3v) is 7.56. The van der Waals surface area contributed by atoms with Crippen LogP contribution in [-0.4, -0.2) is 48.1 Å². The van der Waals surface area contributed by atoms with Crippen molar-refractivity contribution in [3.8, 4) is 0 Å². The summed E-state index contributed by atoms with van der Waals surface area (Å²) in [5.41, 5.74) is 3.93. The molecule has 0 spiro atoms. The zero-order valence-corrected chi connectivity index (χ0v) is 21.7. The molecule has 37 heavy (non-hydrogen) atoms. The fourth-order valence-electron chi connectivity index (χ4n) is 4.23. The van der Waals surface area contributed by atoms with Crippen molar-refractivity contribution in [2.24, 2.45) is 4.99 Å². The predicted molar refractivity (Wildman–Crippen MR) is 151 cm³/mol. The molecule has 0 bridgehead atoms. The Bertz CT molecular complexity index is 1380. The molecular weight excluding hydrogens is 504 g/mol. The van der Waals surface area contributed by atoms with E-state index in [9.17, 15) is 9.59 Å². The Morgan fingerprint density at radius 1 is 0.892 bits per heavy atom. The Balaban J connectivity index is 1.59. The number of allylic oxidation sites excluding steroid dienone is 3. The maximum absolute atomic E-state index is 13.3. The van der Waals surface area contributed by atoms with Crippen molar-refractivity contribution >= 4 is 51.4 Å². The van der Waals surface area contributed by atoms with Crippen LogP contribution in [0.15, 0.2) is 101 Å². The first-order chi connectivity index (χ1) is 18.1. The average Bonchev–Trinajstić information content (AvgIpc) is 3.34. The van der Waals surface area contributed by atoms with Gasteiger partial charge in [-0.3, -0.25) is 9.59 Å². The van der Waals surface area contributed by atoms with Crippen LogP contribution in [0, 0.1) is 0 Å². The van der Waals surface area contributed by atoms with Crippen LogP contribution in [0.2, 0.25) is 5.02 Å². The maximum atomic E-state index is 13.3. The van der Waals surface area contributed by atoms with E-state index in [1.807, 2.05) is 91.0 Å². The molecule has 5 nitrogen and oxygen atoms in total. The fraction of sp³-hybridized carbons (Fsp3) is 0.167. The monoisotopic (exact) mass is 528 g/mol. The summed E-state index contributed by atoms with van der Waals surface area (Å²) in [4.78, 5) is 33.5. The van der Waals surface area contributed by atoms with Gasteiger partial charge in [0.25, 0.3) is 5.91 Å². The van der Waals surface area contributed by atoms with Gasteiger partial charge < -0.3 is 9.64 Å². The molecule has 0 radical (unpaired) electrons. The number of Topliss-reactive ketones (excluding diaryl/α,β-unsaturated/α-hetero) is 1. The van der Waals surface area contributed by atoms with E-state index in [2.05, 4.69) is 9.89 Å². The lowest BCUT2D eigenvalue weighted by Crippen LogP contribution is -2.38. The third-order valence-electron chi connectivity index (χ3n) is 6.18. The number of aliphatic imine (C=N–C) groups is 1. The molecular formula is C30H25ClN2O3S. The number of carbonyl (C=O) groups is 2. The van der Waals surface area contributed by atoms with Crippen LogP contribution >= 0.6 is 23.4 Å². The highest BCUT2D eigenvalue weighted by Gasteiger charge is 2.30. The summed E-state index contributed by atoms with van der Waals surface area (Å²) >= 11 is 7.54. The Kier molecular flexibility index (Phi) is 7.99. The number of thioether (sulfide) groups is 1. The quantitative estimate of drug-likeness (QED) is 0.275. The SMILES string of the molecule is O=C1N=C(N2CCOCC2)SC1=C(C=C(CC(=O)c1ccccc1)c1ccc(Cl)cc1)c1ccccc1. The maximum Gasteiger partial charge on any atom is 0.286 e. The lowest BCUT2D eigenvalue weighted by atomic mass is 9.93. The second kappa shape index (κ2) is 11.7. The molecule has 0 aromatic heterocycles. The fourth-order valence-corrected chi connectivity index (χ4v) is 5.40. The number of benzene rings is 3. The molecule has 1 saturated heterocycles. The standard InChI is InChI=1S/C30H25ClN2O3S/c31-25-13-11-21(12-14-25)24(20-27(34)23-9-5-2-6-10-23)19-26(22-7-3-1-4-8-22)28-29(35)32-30(37-28)33-15-17-36-18-16-33/h1-14,19H,15-18,20H2. The molecule has 1 amide bonds. The van der Waals surface area contributed by atoms with E-state index in [0.29, 0.717) is 47.0 Å². The van der Waals surface area contributed by atoms with Crippen molar-refractivity contribution in [1.82, 2.24) is 4.90 Å². The Hall–Kier alpha value is -3.45. The first-order valence-electron chi connectivity index (χ1n) is 12.1. The minimum absolute atomic E-state index is 0.00475. The van der Waals surface area contributed by atoms with Gasteiger partial charge in [0, 0.05) is 35.7 Å². The second-order valence-electron chi connectivity index (χ2n) is 8.65. The van der Waals surface area contributed by atoms with Crippen LogP contribution in [0.3, 0.4) is 0 Å². The van der Waals surface area contributed by atoms with Gasteiger partial charge >= 0.3 is 0 Å². The molecule has 3 aromatic carbocycles. The number of carbonyl (C=O) groups excluding carboxylic acids is 2. The van der Waals surface area contributed by atoms with E-state index >= 15 is 0 Å². The van der Waals surface area contributed by atoms with Crippen LogP contribution < -0.4 is 0 Å². The lowest BCUT2D eigenvalue weighted by molar-refractivity contribution is -0.113. The summed E-state index contributed by atoms with van der Waals surface area (Å²) in [7, 11) is 0. The Morgan fingerprint density at radius 3 is 2.16 bits per heavy atom. The van der Waals surface area contributed by atoms with Crippen molar-refractivity contribution < 1.29 is 14.3 Å². The average molecular weight is 529 g/mol. The van der Waals surface area contributed by atoms with Crippen molar-refractivity contribution in [2.75, 3.05) is 26.3 Å². The van der Waals surface area contributed by atoms with E-state index in [4.69, 9.17) is 16.3 Å². The largest absolute Gasteiger partial charge is 0.378 e. The van der Waals surface area contributed by atoms with Gasteiger partial charge in [-0.25, -0.2) is 0 Å². The number of hydrogen-bond donors (Lipinski definition) is 0.